The zero-order chi connectivity index (χ0) is 25.0. The second-order valence-corrected chi connectivity index (χ2v) is 9.63. The number of benzene rings is 5. The maximum absolute atomic E-state index is 4.96. The third-order valence-corrected chi connectivity index (χ3v) is 6.70. The SMILES string of the molecule is Brc1ccc(-c2nc(-c3ccccc3)nc(-c3cc(-c4ccccc4)cc(-c4ccccc4)c3)n2)cc1. The van der Waals surface area contributed by atoms with E-state index in [4.69, 9.17) is 15.0 Å². The summed E-state index contributed by atoms with van der Waals surface area (Å²) in [6, 6.07) is 45.5. The first-order valence-corrected chi connectivity index (χ1v) is 12.9. The van der Waals surface area contributed by atoms with Gasteiger partial charge in [0.05, 0.1) is 0 Å². The molecule has 0 spiro atoms. The van der Waals surface area contributed by atoms with Crippen LogP contribution in [0.15, 0.2) is 138 Å². The fraction of sp³-hybridized carbons (Fsp3) is 0. The Balaban J connectivity index is 1.58. The lowest BCUT2D eigenvalue weighted by molar-refractivity contribution is 1.07. The molecule has 0 bridgehead atoms. The normalized spacial score (nSPS) is 10.8. The summed E-state index contributed by atoms with van der Waals surface area (Å²) in [5.41, 5.74) is 7.35. The summed E-state index contributed by atoms with van der Waals surface area (Å²) in [6.07, 6.45) is 0. The van der Waals surface area contributed by atoms with E-state index in [-0.39, 0.29) is 0 Å². The van der Waals surface area contributed by atoms with Gasteiger partial charge < -0.3 is 0 Å². The summed E-state index contributed by atoms with van der Waals surface area (Å²) in [5.74, 6) is 1.93. The van der Waals surface area contributed by atoms with Gasteiger partial charge in [0.1, 0.15) is 0 Å². The molecule has 0 aliphatic rings. The highest BCUT2D eigenvalue weighted by Crippen LogP contribution is 2.33. The molecule has 1 aromatic heterocycles. The Labute approximate surface area is 224 Å². The molecule has 37 heavy (non-hydrogen) atoms. The number of halogens is 1. The number of nitrogens with zero attached hydrogens (tertiary/aromatic N) is 3. The molecular weight excluding hydrogens is 518 g/mol. The molecule has 0 unspecified atom stereocenters. The van der Waals surface area contributed by atoms with Crippen LogP contribution in [0.1, 0.15) is 0 Å². The smallest absolute Gasteiger partial charge is 0.164 e. The van der Waals surface area contributed by atoms with Crippen LogP contribution in [0.2, 0.25) is 0 Å². The van der Waals surface area contributed by atoms with Crippen molar-refractivity contribution in [2.24, 2.45) is 0 Å². The lowest BCUT2D eigenvalue weighted by Crippen LogP contribution is -2.00. The maximum atomic E-state index is 4.96. The molecule has 0 fully saturated rings. The van der Waals surface area contributed by atoms with Crippen molar-refractivity contribution < 1.29 is 0 Å². The van der Waals surface area contributed by atoms with Crippen molar-refractivity contribution in [3.8, 4) is 56.4 Å². The fourth-order valence-electron chi connectivity index (χ4n) is 4.30. The van der Waals surface area contributed by atoms with E-state index >= 15 is 0 Å². The molecule has 0 N–H and O–H groups in total. The molecule has 0 radical (unpaired) electrons. The molecular formula is C33H22BrN3. The zero-order valence-corrected chi connectivity index (χ0v) is 21.5. The summed E-state index contributed by atoms with van der Waals surface area (Å²) >= 11 is 3.53. The number of hydrogen-bond donors (Lipinski definition) is 0. The van der Waals surface area contributed by atoms with Gasteiger partial charge in [-0.15, -0.1) is 0 Å². The van der Waals surface area contributed by atoms with Crippen LogP contribution < -0.4 is 0 Å². The summed E-state index contributed by atoms with van der Waals surface area (Å²) in [7, 11) is 0. The Morgan fingerprint density at radius 2 is 0.676 bits per heavy atom. The number of rotatable bonds is 5. The molecule has 0 atom stereocenters. The second kappa shape index (κ2) is 10.3. The largest absolute Gasteiger partial charge is 0.208 e. The minimum absolute atomic E-state index is 0.640. The van der Waals surface area contributed by atoms with Gasteiger partial charge in [-0.3, -0.25) is 0 Å². The number of hydrogen-bond acceptors (Lipinski definition) is 3. The van der Waals surface area contributed by atoms with Crippen molar-refractivity contribution in [2.45, 2.75) is 0 Å². The highest BCUT2D eigenvalue weighted by Gasteiger charge is 2.14. The van der Waals surface area contributed by atoms with Gasteiger partial charge in [0.15, 0.2) is 17.5 Å². The molecule has 0 aliphatic heterocycles. The molecule has 176 valence electrons. The highest BCUT2D eigenvalue weighted by atomic mass is 79.9. The highest BCUT2D eigenvalue weighted by molar-refractivity contribution is 9.10. The van der Waals surface area contributed by atoms with E-state index in [2.05, 4.69) is 82.7 Å². The summed E-state index contributed by atoms with van der Waals surface area (Å²) in [5, 5.41) is 0. The van der Waals surface area contributed by atoms with Crippen LogP contribution in [0.5, 0.6) is 0 Å². The Morgan fingerprint density at radius 3 is 1.14 bits per heavy atom. The van der Waals surface area contributed by atoms with Gasteiger partial charge in [0.25, 0.3) is 0 Å². The fourth-order valence-corrected chi connectivity index (χ4v) is 4.56. The summed E-state index contributed by atoms with van der Waals surface area (Å²) in [6.45, 7) is 0. The standard InChI is InChI=1S/C33H22BrN3/c34-30-18-16-26(17-19-30)32-35-31(25-14-8-3-9-15-25)36-33(37-32)29-21-27(23-10-4-1-5-11-23)20-28(22-29)24-12-6-2-7-13-24/h1-22H. The molecule has 6 aromatic rings. The molecule has 0 aliphatic carbocycles. The van der Waals surface area contributed by atoms with E-state index in [1.165, 1.54) is 0 Å². The van der Waals surface area contributed by atoms with Crippen LogP contribution in [-0.4, -0.2) is 15.0 Å². The molecule has 6 rings (SSSR count). The van der Waals surface area contributed by atoms with Gasteiger partial charge >= 0.3 is 0 Å². The van der Waals surface area contributed by atoms with Gasteiger partial charge in [-0.05, 0) is 52.6 Å². The van der Waals surface area contributed by atoms with E-state index < -0.39 is 0 Å². The van der Waals surface area contributed by atoms with Crippen LogP contribution in [0.25, 0.3) is 56.4 Å². The maximum Gasteiger partial charge on any atom is 0.164 e. The lowest BCUT2D eigenvalue weighted by atomic mass is 9.96. The van der Waals surface area contributed by atoms with Gasteiger partial charge in [-0.25, -0.2) is 15.0 Å². The van der Waals surface area contributed by atoms with Crippen LogP contribution in [0.4, 0.5) is 0 Å². The van der Waals surface area contributed by atoms with Crippen molar-refractivity contribution in [1.82, 2.24) is 15.0 Å². The third kappa shape index (κ3) is 5.11. The van der Waals surface area contributed by atoms with Gasteiger partial charge in [0, 0.05) is 21.2 Å². The first-order valence-electron chi connectivity index (χ1n) is 12.1. The lowest BCUT2D eigenvalue weighted by Gasteiger charge is -2.12. The first kappa shape index (κ1) is 23.0. The van der Waals surface area contributed by atoms with E-state index in [0.29, 0.717) is 17.5 Å². The van der Waals surface area contributed by atoms with Crippen molar-refractivity contribution in [3.63, 3.8) is 0 Å². The Kier molecular flexibility index (Phi) is 6.40. The summed E-state index contributed by atoms with van der Waals surface area (Å²) < 4.78 is 1.01. The molecule has 5 aromatic carbocycles. The molecule has 1 heterocycles. The zero-order valence-electron chi connectivity index (χ0n) is 19.9. The quantitative estimate of drug-likeness (QED) is 0.219. The van der Waals surface area contributed by atoms with Crippen LogP contribution >= 0.6 is 15.9 Å². The molecule has 4 heteroatoms. The van der Waals surface area contributed by atoms with Gasteiger partial charge in [-0.1, -0.05) is 119 Å². The van der Waals surface area contributed by atoms with E-state index in [1.54, 1.807) is 0 Å². The van der Waals surface area contributed by atoms with Crippen molar-refractivity contribution in [2.75, 3.05) is 0 Å². The van der Waals surface area contributed by atoms with E-state index in [1.807, 2.05) is 66.7 Å². The van der Waals surface area contributed by atoms with Crippen molar-refractivity contribution >= 4 is 15.9 Å². The van der Waals surface area contributed by atoms with Gasteiger partial charge in [0.2, 0.25) is 0 Å². The Hall–Kier alpha value is -4.41. The Bertz CT molecular complexity index is 1590. The predicted octanol–water partition coefficient (Wildman–Crippen LogP) is 8.97. The molecule has 0 amide bonds. The van der Waals surface area contributed by atoms with Crippen molar-refractivity contribution in [3.05, 3.63) is 138 Å². The topological polar surface area (TPSA) is 38.7 Å². The Morgan fingerprint density at radius 1 is 0.324 bits per heavy atom. The molecule has 0 saturated carbocycles. The predicted molar refractivity (Wildman–Crippen MR) is 155 cm³/mol. The average Bonchev–Trinajstić information content (AvgIpc) is 2.98. The van der Waals surface area contributed by atoms with E-state index in [0.717, 1.165) is 43.4 Å². The average molecular weight is 540 g/mol. The molecule has 0 saturated heterocycles. The first-order chi connectivity index (χ1) is 18.2. The minimum Gasteiger partial charge on any atom is -0.208 e. The minimum atomic E-state index is 0.640. The number of aromatic nitrogens is 3. The molecule has 3 nitrogen and oxygen atoms in total. The third-order valence-electron chi connectivity index (χ3n) is 6.18. The van der Waals surface area contributed by atoms with Crippen LogP contribution in [-0.2, 0) is 0 Å². The summed E-state index contributed by atoms with van der Waals surface area (Å²) in [4.78, 5) is 14.8. The van der Waals surface area contributed by atoms with Crippen LogP contribution in [0, 0.1) is 0 Å². The monoisotopic (exact) mass is 539 g/mol. The van der Waals surface area contributed by atoms with Crippen LogP contribution in [0.3, 0.4) is 0 Å². The van der Waals surface area contributed by atoms with Crippen molar-refractivity contribution in [1.29, 1.82) is 0 Å². The van der Waals surface area contributed by atoms with E-state index in [9.17, 15) is 0 Å². The van der Waals surface area contributed by atoms with Gasteiger partial charge in [-0.2, -0.15) is 0 Å². The second-order valence-electron chi connectivity index (χ2n) is 8.71.